The van der Waals surface area contributed by atoms with E-state index in [9.17, 15) is 9.59 Å². The molecule has 0 fully saturated rings. The van der Waals surface area contributed by atoms with Crippen LogP contribution in [-0.2, 0) is 9.59 Å². The maximum Gasteiger partial charge on any atom is 0.237 e. The summed E-state index contributed by atoms with van der Waals surface area (Å²) < 4.78 is 0. The van der Waals surface area contributed by atoms with Crippen molar-refractivity contribution in [1.82, 2.24) is 0 Å². The number of hydrogen-bond acceptors (Lipinski definition) is 4. The normalized spacial score (nSPS) is 11.8. The third-order valence-electron chi connectivity index (χ3n) is 1.37. The Morgan fingerprint density at radius 2 is 1.85 bits per heavy atom. The summed E-state index contributed by atoms with van der Waals surface area (Å²) >= 11 is 0. The Bertz CT molecular complexity index is 230. The Hall–Kier alpha value is -1.50. The molecule has 0 rings (SSSR count). The van der Waals surface area contributed by atoms with Gasteiger partial charge in [0, 0.05) is 6.42 Å². The molecule has 0 atom stereocenters. The van der Waals surface area contributed by atoms with Gasteiger partial charge in [0.15, 0.2) is 6.17 Å². The van der Waals surface area contributed by atoms with E-state index < -0.39 is 6.17 Å². The minimum atomic E-state index is -0.650. The summed E-state index contributed by atoms with van der Waals surface area (Å²) in [4.78, 5) is 26.4. The Balaban J connectivity index is 3.95. The summed E-state index contributed by atoms with van der Waals surface area (Å²) in [5, 5.41) is 0. The maximum absolute atomic E-state index is 9.87. The van der Waals surface area contributed by atoms with E-state index in [2.05, 4.69) is 16.9 Å². The molecular formula is C9H12N2O2. The minimum absolute atomic E-state index is 0.449. The molecule has 0 bridgehead atoms. The van der Waals surface area contributed by atoms with Crippen LogP contribution in [0, 0.1) is 0 Å². The van der Waals surface area contributed by atoms with Gasteiger partial charge in [-0.1, -0.05) is 25.5 Å². The lowest BCUT2D eigenvalue weighted by Gasteiger charge is -1.95. The molecule has 0 aromatic heterocycles. The topological polar surface area (TPSA) is 58.9 Å². The molecular weight excluding hydrogens is 168 g/mol. The monoisotopic (exact) mass is 180 g/mol. The molecule has 0 heterocycles. The van der Waals surface area contributed by atoms with Gasteiger partial charge in [-0.25, -0.2) is 9.59 Å². The van der Waals surface area contributed by atoms with Gasteiger partial charge in [-0.05, 0) is 6.42 Å². The van der Waals surface area contributed by atoms with Gasteiger partial charge in [0.1, 0.15) is 0 Å². The molecule has 0 saturated heterocycles. The van der Waals surface area contributed by atoms with Crippen LogP contribution >= 0.6 is 0 Å². The van der Waals surface area contributed by atoms with Crippen molar-refractivity contribution in [1.29, 1.82) is 0 Å². The number of unbranched alkanes of at least 4 members (excludes halogenated alkanes) is 1. The van der Waals surface area contributed by atoms with Gasteiger partial charge in [-0.3, -0.25) is 0 Å². The van der Waals surface area contributed by atoms with Crippen molar-refractivity contribution in [3.05, 3.63) is 12.2 Å². The predicted octanol–water partition coefficient (Wildman–Crippen LogP) is 1.73. The average Bonchev–Trinajstić information content (AvgIpc) is 2.13. The van der Waals surface area contributed by atoms with Crippen molar-refractivity contribution in [2.75, 3.05) is 0 Å². The molecule has 0 aromatic rings. The smallest absolute Gasteiger partial charge is 0.211 e. The van der Waals surface area contributed by atoms with Gasteiger partial charge in [-0.15, -0.1) is 0 Å². The second-order valence-electron chi connectivity index (χ2n) is 2.42. The van der Waals surface area contributed by atoms with E-state index in [1.54, 1.807) is 0 Å². The Morgan fingerprint density at radius 3 is 2.31 bits per heavy atom. The highest BCUT2D eigenvalue weighted by Gasteiger charge is 1.99. The molecule has 0 radical (unpaired) electrons. The first-order valence-corrected chi connectivity index (χ1v) is 4.14. The van der Waals surface area contributed by atoms with Crippen molar-refractivity contribution in [2.45, 2.75) is 32.4 Å². The first kappa shape index (κ1) is 11.5. The molecule has 0 spiro atoms. The lowest BCUT2D eigenvalue weighted by Crippen LogP contribution is -1.96. The maximum atomic E-state index is 9.87. The highest BCUT2D eigenvalue weighted by Crippen LogP contribution is 2.00. The van der Waals surface area contributed by atoms with Crippen LogP contribution in [0.4, 0.5) is 0 Å². The first-order chi connectivity index (χ1) is 6.35. The van der Waals surface area contributed by atoms with E-state index in [0.29, 0.717) is 6.42 Å². The van der Waals surface area contributed by atoms with Crippen LogP contribution in [0.5, 0.6) is 0 Å². The van der Waals surface area contributed by atoms with E-state index in [-0.39, 0.29) is 0 Å². The number of nitrogens with zero attached hydrogens (tertiary/aromatic N) is 2. The molecule has 0 aliphatic rings. The molecule has 0 unspecified atom stereocenters. The molecule has 4 nitrogen and oxygen atoms in total. The Labute approximate surface area is 77.1 Å². The molecule has 0 aliphatic heterocycles. The number of allylic oxidation sites excluding steroid dienone is 1. The predicted molar refractivity (Wildman–Crippen MR) is 48.7 cm³/mol. The molecule has 70 valence electrons. The average molecular weight is 180 g/mol. The van der Waals surface area contributed by atoms with Gasteiger partial charge in [-0.2, -0.15) is 9.98 Å². The fourth-order valence-electron chi connectivity index (χ4n) is 0.758. The molecule has 0 aromatic carbocycles. The van der Waals surface area contributed by atoms with E-state index in [0.717, 1.165) is 12.8 Å². The van der Waals surface area contributed by atoms with Crippen LogP contribution in [0.25, 0.3) is 0 Å². The Kier molecular flexibility index (Phi) is 7.60. The van der Waals surface area contributed by atoms with E-state index in [1.807, 2.05) is 12.2 Å². The number of aliphatic imine (C=N–C) groups is 2. The summed E-state index contributed by atoms with van der Waals surface area (Å²) in [5.41, 5.74) is 0. The summed E-state index contributed by atoms with van der Waals surface area (Å²) in [7, 11) is 0. The summed E-state index contributed by atoms with van der Waals surface area (Å²) in [6.07, 6.45) is 8.37. The van der Waals surface area contributed by atoms with Crippen LogP contribution in [0.2, 0.25) is 0 Å². The summed E-state index contributed by atoms with van der Waals surface area (Å²) in [6, 6.07) is 0. The van der Waals surface area contributed by atoms with Crippen molar-refractivity contribution >= 4 is 12.2 Å². The number of rotatable bonds is 6. The second kappa shape index (κ2) is 8.60. The summed E-state index contributed by atoms with van der Waals surface area (Å²) in [5.74, 6) is 0. The quantitative estimate of drug-likeness (QED) is 0.355. The fraction of sp³-hybridized carbons (Fsp3) is 0.556. The minimum Gasteiger partial charge on any atom is -0.211 e. The van der Waals surface area contributed by atoms with E-state index >= 15 is 0 Å². The van der Waals surface area contributed by atoms with Crippen molar-refractivity contribution in [3.8, 4) is 0 Å². The van der Waals surface area contributed by atoms with Crippen LogP contribution < -0.4 is 0 Å². The first-order valence-electron chi connectivity index (χ1n) is 4.14. The zero-order chi connectivity index (χ0) is 9.94. The molecule has 0 aliphatic carbocycles. The van der Waals surface area contributed by atoms with Gasteiger partial charge in [0.2, 0.25) is 12.2 Å². The van der Waals surface area contributed by atoms with E-state index in [1.165, 1.54) is 12.2 Å². The van der Waals surface area contributed by atoms with Crippen LogP contribution in [0.1, 0.15) is 26.2 Å². The third-order valence-corrected chi connectivity index (χ3v) is 1.37. The van der Waals surface area contributed by atoms with Gasteiger partial charge < -0.3 is 0 Å². The molecule has 4 heteroatoms. The summed E-state index contributed by atoms with van der Waals surface area (Å²) in [6.45, 7) is 2.06. The second-order valence-corrected chi connectivity index (χ2v) is 2.42. The zero-order valence-electron chi connectivity index (χ0n) is 7.56. The van der Waals surface area contributed by atoms with Gasteiger partial charge in [0.05, 0.1) is 0 Å². The molecule has 13 heavy (non-hydrogen) atoms. The van der Waals surface area contributed by atoms with Gasteiger partial charge in [0.25, 0.3) is 0 Å². The SMILES string of the molecule is CCC/C=C/CC(N=C=O)N=C=O. The largest absolute Gasteiger partial charge is 0.237 e. The lowest BCUT2D eigenvalue weighted by atomic mass is 10.2. The lowest BCUT2D eigenvalue weighted by molar-refractivity contribution is 0.549. The Morgan fingerprint density at radius 1 is 1.23 bits per heavy atom. The molecule has 0 N–H and O–H groups in total. The third kappa shape index (κ3) is 6.88. The fourth-order valence-corrected chi connectivity index (χ4v) is 0.758. The van der Waals surface area contributed by atoms with Crippen molar-refractivity contribution in [2.24, 2.45) is 9.98 Å². The van der Waals surface area contributed by atoms with Crippen LogP contribution in [-0.4, -0.2) is 18.3 Å². The highest BCUT2D eigenvalue weighted by atomic mass is 16.1. The standard InChI is InChI=1S/C9H12N2O2/c1-2-3-4-5-6-9(10-7-12)11-8-13/h4-5,9H,2-3,6H2,1H3/b5-4+. The molecule has 0 saturated carbocycles. The van der Waals surface area contributed by atoms with Crippen LogP contribution in [0.15, 0.2) is 22.1 Å². The van der Waals surface area contributed by atoms with Gasteiger partial charge >= 0.3 is 0 Å². The van der Waals surface area contributed by atoms with Crippen LogP contribution in [0.3, 0.4) is 0 Å². The van der Waals surface area contributed by atoms with E-state index in [4.69, 9.17) is 0 Å². The highest BCUT2D eigenvalue weighted by molar-refractivity contribution is 5.37. The number of carbonyl (C=O) groups excluding carboxylic acids is 2. The van der Waals surface area contributed by atoms with Crippen molar-refractivity contribution in [3.63, 3.8) is 0 Å². The zero-order valence-corrected chi connectivity index (χ0v) is 7.56. The van der Waals surface area contributed by atoms with Crippen molar-refractivity contribution < 1.29 is 9.59 Å². The number of hydrogen-bond donors (Lipinski definition) is 0. The number of isocyanates is 2. The molecule has 0 amide bonds.